The van der Waals surface area contributed by atoms with Gasteiger partial charge in [-0.1, -0.05) is 32.0 Å². The Hall–Kier alpha value is -3.44. The van der Waals surface area contributed by atoms with Crippen LogP contribution in [0.4, 0.5) is 4.79 Å². The van der Waals surface area contributed by atoms with Crippen LogP contribution in [-0.4, -0.2) is 127 Å². The predicted octanol–water partition coefficient (Wildman–Crippen LogP) is 0.308. The number of hydrogen-bond donors (Lipinski definition) is 7. The number of rotatable bonds is 7. The number of ketones is 1. The number of carbonyl (C=O) groups is 4. The minimum Gasteiger partial charge on any atom is -0.456 e. The van der Waals surface area contributed by atoms with E-state index in [9.17, 15) is 49.8 Å². The van der Waals surface area contributed by atoms with Crippen LogP contribution in [0.25, 0.3) is 0 Å². The molecule has 2 saturated carbocycles. The van der Waals surface area contributed by atoms with E-state index in [-0.39, 0.29) is 29.7 Å². The maximum absolute atomic E-state index is 14.5. The molecule has 1 heterocycles. The SMILES string of the molecule is CC1=C2[C@@H](O)C(=O)[C@@]3(C)[C@H]([C@H](OC(=O)c4ccccc4)[C@](O)(CC1OC(=O)[C@H](O)[C@H](CO)NC(=O)OC(C)(C)C)C2(C)C)[C@]1(O)CO[C@@H]1C[C@@H]3O. The first-order chi connectivity index (χ1) is 23.5. The number of aliphatic hydroxyl groups is 6. The van der Waals surface area contributed by atoms with Crippen LogP contribution in [0.3, 0.4) is 0 Å². The lowest BCUT2D eigenvalue weighted by molar-refractivity contribution is -0.343. The van der Waals surface area contributed by atoms with Gasteiger partial charge in [-0.15, -0.1) is 0 Å². The average molecular weight is 720 g/mol. The van der Waals surface area contributed by atoms with Gasteiger partial charge in [-0.3, -0.25) is 4.79 Å². The summed E-state index contributed by atoms with van der Waals surface area (Å²) in [6.45, 7) is 9.41. The summed E-state index contributed by atoms with van der Waals surface area (Å²) in [5, 5.41) is 71.7. The largest absolute Gasteiger partial charge is 0.456 e. The van der Waals surface area contributed by atoms with Crippen LogP contribution in [0, 0.1) is 16.7 Å². The number of alkyl carbamates (subject to hydrolysis) is 1. The molecule has 282 valence electrons. The molecule has 1 aliphatic heterocycles. The number of ether oxygens (including phenoxy) is 4. The fourth-order valence-corrected chi connectivity index (χ4v) is 8.43. The molecular formula is C36H49NO14. The number of hydrogen-bond acceptors (Lipinski definition) is 14. The summed E-state index contributed by atoms with van der Waals surface area (Å²) in [6.07, 6.45) is -11.6. The van der Waals surface area contributed by atoms with Crippen molar-refractivity contribution in [3.63, 3.8) is 0 Å². The van der Waals surface area contributed by atoms with Gasteiger partial charge in [0, 0.05) is 24.2 Å². The van der Waals surface area contributed by atoms with Gasteiger partial charge in [0.15, 0.2) is 11.9 Å². The summed E-state index contributed by atoms with van der Waals surface area (Å²) in [4.78, 5) is 54.1. The van der Waals surface area contributed by atoms with Crippen molar-refractivity contribution in [1.82, 2.24) is 5.32 Å². The minimum atomic E-state index is -2.33. The van der Waals surface area contributed by atoms with Crippen molar-refractivity contribution in [2.24, 2.45) is 16.7 Å². The molecule has 1 aromatic carbocycles. The Bertz CT molecular complexity index is 1590. The number of amides is 1. The molecule has 7 N–H and O–H groups in total. The first kappa shape index (κ1) is 38.8. The molecule has 51 heavy (non-hydrogen) atoms. The van der Waals surface area contributed by atoms with Crippen LogP contribution in [-0.2, 0) is 28.5 Å². The van der Waals surface area contributed by atoms with Crippen molar-refractivity contribution < 1.29 is 68.8 Å². The standard InChI is InChI=1S/C36H49NO14/c1-17-20(49-30(44)24(40)19(15-38)37-31(45)51-32(2,3)4)14-36(47)28(50-29(43)18-11-9-8-10-12-18)26-34(7,21(39)13-22-35(26,46)16-48-22)27(42)25(41)23(17)33(36,5)6/h8-12,19-22,24-26,28,38-41,46-47H,13-16H2,1-7H3,(H,37,45)/t19-,20?,21-,22+,24+,25+,26-,28-,34+,35-,36+/m0/s1. The maximum Gasteiger partial charge on any atom is 0.408 e. The zero-order chi connectivity index (χ0) is 38.1. The zero-order valence-corrected chi connectivity index (χ0v) is 29.8. The molecule has 11 atom stereocenters. The highest BCUT2D eigenvalue weighted by Gasteiger charge is 2.76. The normalized spacial score (nSPS) is 36.9. The van der Waals surface area contributed by atoms with Crippen molar-refractivity contribution in [1.29, 1.82) is 0 Å². The van der Waals surface area contributed by atoms with Gasteiger partial charge in [-0.2, -0.15) is 0 Å². The average Bonchev–Trinajstić information content (AvgIpc) is 3.05. The van der Waals surface area contributed by atoms with E-state index in [4.69, 9.17) is 18.9 Å². The summed E-state index contributed by atoms with van der Waals surface area (Å²) < 4.78 is 22.6. The molecule has 15 heteroatoms. The van der Waals surface area contributed by atoms with Gasteiger partial charge in [-0.25, -0.2) is 14.4 Å². The highest BCUT2D eigenvalue weighted by atomic mass is 16.6. The second kappa shape index (κ2) is 13.2. The maximum atomic E-state index is 14.5. The molecule has 3 fully saturated rings. The van der Waals surface area contributed by atoms with Gasteiger partial charge in [-0.05, 0) is 57.9 Å². The third kappa shape index (κ3) is 6.26. The molecule has 5 rings (SSSR count). The quantitative estimate of drug-likeness (QED) is 0.114. The lowest BCUT2D eigenvalue weighted by atomic mass is 9.44. The fraction of sp³-hybridized carbons (Fsp3) is 0.667. The predicted molar refractivity (Wildman–Crippen MR) is 176 cm³/mol. The Kier molecular flexibility index (Phi) is 10.0. The fourth-order valence-electron chi connectivity index (χ4n) is 8.43. The molecular weight excluding hydrogens is 670 g/mol. The van der Waals surface area contributed by atoms with Crippen LogP contribution in [0.1, 0.15) is 71.7 Å². The third-order valence-corrected chi connectivity index (χ3v) is 11.4. The smallest absolute Gasteiger partial charge is 0.408 e. The number of carbonyl (C=O) groups excluding carboxylic acids is 4. The van der Waals surface area contributed by atoms with Gasteiger partial charge in [0.1, 0.15) is 35.1 Å². The van der Waals surface area contributed by atoms with Crippen LogP contribution >= 0.6 is 0 Å². The Labute approximate surface area is 295 Å². The summed E-state index contributed by atoms with van der Waals surface area (Å²) in [5.41, 5.74) is -8.61. The second-order valence-electron chi connectivity index (χ2n) is 15.9. The van der Waals surface area contributed by atoms with E-state index in [2.05, 4.69) is 5.32 Å². The monoisotopic (exact) mass is 719 g/mol. The molecule has 15 nitrogen and oxygen atoms in total. The lowest BCUT2D eigenvalue weighted by Gasteiger charge is -2.66. The number of fused-ring (bicyclic) bond motifs is 5. The summed E-state index contributed by atoms with van der Waals surface area (Å²) >= 11 is 0. The van der Waals surface area contributed by atoms with Gasteiger partial charge >= 0.3 is 18.0 Å². The van der Waals surface area contributed by atoms with Gasteiger partial charge in [0.2, 0.25) is 0 Å². The van der Waals surface area contributed by atoms with Crippen molar-refractivity contribution in [3.8, 4) is 0 Å². The first-order valence-corrected chi connectivity index (χ1v) is 17.0. The molecule has 1 unspecified atom stereocenters. The van der Waals surface area contributed by atoms with E-state index in [0.29, 0.717) is 0 Å². The number of benzene rings is 1. The van der Waals surface area contributed by atoms with E-state index in [1.54, 1.807) is 39.0 Å². The Balaban J connectivity index is 1.61. The summed E-state index contributed by atoms with van der Waals surface area (Å²) in [6, 6.07) is 6.23. The van der Waals surface area contributed by atoms with Crippen molar-refractivity contribution in [3.05, 3.63) is 47.0 Å². The highest BCUT2D eigenvalue weighted by molar-refractivity contribution is 5.94. The van der Waals surface area contributed by atoms with Crippen LogP contribution in [0.2, 0.25) is 0 Å². The molecule has 1 amide bonds. The van der Waals surface area contributed by atoms with E-state index in [0.717, 1.165) is 0 Å². The van der Waals surface area contributed by atoms with Crippen LogP contribution < -0.4 is 5.32 Å². The molecule has 1 aromatic rings. The van der Waals surface area contributed by atoms with Crippen molar-refractivity contribution >= 4 is 23.8 Å². The molecule has 3 aliphatic carbocycles. The van der Waals surface area contributed by atoms with Gasteiger partial charge in [0.05, 0.1) is 42.4 Å². The molecule has 0 radical (unpaired) electrons. The van der Waals surface area contributed by atoms with Gasteiger partial charge in [0.25, 0.3) is 0 Å². The van der Waals surface area contributed by atoms with Gasteiger partial charge < -0.3 is 54.9 Å². The van der Waals surface area contributed by atoms with E-state index >= 15 is 0 Å². The summed E-state index contributed by atoms with van der Waals surface area (Å²) in [5.74, 6) is -4.71. The Morgan fingerprint density at radius 3 is 2.24 bits per heavy atom. The Morgan fingerprint density at radius 1 is 1.06 bits per heavy atom. The van der Waals surface area contributed by atoms with E-state index in [1.807, 2.05) is 0 Å². The van der Waals surface area contributed by atoms with E-state index in [1.165, 1.54) is 39.8 Å². The zero-order valence-electron chi connectivity index (χ0n) is 29.8. The molecule has 4 aliphatic rings. The minimum absolute atomic E-state index is 0.0780. The molecule has 0 spiro atoms. The van der Waals surface area contributed by atoms with Crippen LogP contribution in [0.15, 0.2) is 41.5 Å². The number of Topliss-reactive ketones (excluding diaryl/α,β-unsaturated/α-hetero) is 1. The summed E-state index contributed by atoms with van der Waals surface area (Å²) in [7, 11) is 0. The van der Waals surface area contributed by atoms with Crippen LogP contribution in [0.5, 0.6) is 0 Å². The molecule has 0 aromatic heterocycles. The molecule has 1 saturated heterocycles. The Morgan fingerprint density at radius 2 is 1.69 bits per heavy atom. The number of esters is 2. The van der Waals surface area contributed by atoms with Crippen molar-refractivity contribution in [2.45, 2.75) is 121 Å². The van der Waals surface area contributed by atoms with E-state index < -0.39 is 113 Å². The third-order valence-electron chi connectivity index (χ3n) is 11.4. The first-order valence-electron chi connectivity index (χ1n) is 17.0. The highest BCUT2D eigenvalue weighted by Crippen LogP contribution is 2.63. The second-order valence-corrected chi connectivity index (χ2v) is 15.9. The number of aliphatic hydroxyl groups excluding tert-OH is 4. The van der Waals surface area contributed by atoms with Crippen molar-refractivity contribution in [2.75, 3.05) is 13.2 Å². The topological polar surface area (TPSA) is 239 Å². The lowest BCUT2D eigenvalue weighted by Crippen LogP contribution is -2.81. The number of nitrogens with one attached hydrogen (secondary N) is 1. The molecule has 2 bridgehead atoms.